The molecule has 3 aromatic rings. The Kier molecular flexibility index (Phi) is 5.98. The van der Waals surface area contributed by atoms with Crippen molar-refractivity contribution >= 4 is 15.9 Å². The van der Waals surface area contributed by atoms with Gasteiger partial charge in [0.15, 0.2) is 6.61 Å². The van der Waals surface area contributed by atoms with E-state index in [1.54, 1.807) is 29.2 Å². The van der Waals surface area contributed by atoms with Gasteiger partial charge in [0, 0.05) is 25.2 Å². The van der Waals surface area contributed by atoms with Crippen molar-refractivity contribution in [3.8, 4) is 17.1 Å². The molecule has 31 heavy (non-hydrogen) atoms. The van der Waals surface area contributed by atoms with Crippen LogP contribution in [0.2, 0.25) is 0 Å². The molecular weight excluding hydrogens is 422 g/mol. The monoisotopic (exact) mass is 443 g/mol. The first-order valence-corrected chi connectivity index (χ1v) is 11.1. The second-order valence-electron chi connectivity index (χ2n) is 6.93. The lowest BCUT2D eigenvalue weighted by Crippen LogP contribution is -2.50. The first-order chi connectivity index (χ1) is 14.9. The quantitative estimate of drug-likeness (QED) is 0.573. The fourth-order valence-electron chi connectivity index (χ4n) is 3.25. The molecule has 10 nitrogen and oxygen atoms in total. The van der Waals surface area contributed by atoms with Crippen LogP contribution in [0.4, 0.5) is 0 Å². The minimum absolute atomic E-state index is 0.00774. The number of nitrogens with two attached hydrogens (primary N) is 1. The van der Waals surface area contributed by atoms with Crippen molar-refractivity contribution < 1.29 is 22.5 Å². The summed E-state index contributed by atoms with van der Waals surface area (Å²) in [7, 11) is -3.78. The van der Waals surface area contributed by atoms with Crippen LogP contribution in [0.25, 0.3) is 11.4 Å². The Morgan fingerprint density at radius 2 is 1.94 bits per heavy atom. The van der Waals surface area contributed by atoms with Crippen LogP contribution in [0.1, 0.15) is 11.9 Å². The zero-order valence-corrected chi connectivity index (χ0v) is 17.3. The van der Waals surface area contributed by atoms with Crippen LogP contribution in [-0.4, -0.2) is 55.6 Å². The summed E-state index contributed by atoms with van der Waals surface area (Å²) < 4.78 is 33.8. The van der Waals surface area contributed by atoms with Gasteiger partial charge in [0.05, 0.1) is 4.90 Å². The van der Waals surface area contributed by atoms with Gasteiger partial charge in [0.1, 0.15) is 11.8 Å². The third kappa shape index (κ3) is 4.90. The molecule has 1 unspecified atom stereocenters. The smallest absolute Gasteiger partial charge is 0.261 e. The number of rotatable bonds is 6. The van der Waals surface area contributed by atoms with Crippen LogP contribution >= 0.6 is 0 Å². The minimum atomic E-state index is -3.78. The van der Waals surface area contributed by atoms with Gasteiger partial charge in [0.25, 0.3) is 11.8 Å². The van der Waals surface area contributed by atoms with Crippen LogP contribution in [-0.2, 0) is 14.8 Å². The van der Waals surface area contributed by atoms with Crippen molar-refractivity contribution in [1.29, 1.82) is 0 Å². The van der Waals surface area contributed by atoms with Gasteiger partial charge in [-0.25, -0.2) is 13.6 Å². The molecule has 1 aliphatic heterocycles. The predicted octanol–water partition coefficient (Wildman–Crippen LogP) is 0.936. The second-order valence-corrected chi connectivity index (χ2v) is 8.50. The molecular formula is C20H21N5O5S. The van der Waals surface area contributed by atoms with Gasteiger partial charge in [-0.05, 0) is 36.4 Å². The fourth-order valence-corrected chi connectivity index (χ4v) is 3.77. The topological polar surface area (TPSA) is 141 Å². The highest BCUT2D eigenvalue weighted by molar-refractivity contribution is 7.89. The molecule has 1 fully saturated rings. The summed E-state index contributed by atoms with van der Waals surface area (Å²) in [4.78, 5) is 18.8. The molecule has 162 valence electrons. The SMILES string of the molecule is NS(=O)(=O)c1ccc(-c2noc(C3CNCCN3C(=O)COc3ccccc3)n2)cc1. The number of nitrogens with zero attached hydrogens (tertiary/aromatic N) is 3. The van der Waals surface area contributed by atoms with Crippen molar-refractivity contribution in [1.82, 2.24) is 20.4 Å². The lowest BCUT2D eigenvalue weighted by molar-refractivity contribution is -0.137. The number of aromatic nitrogens is 2. The van der Waals surface area contributed by atoms with Gasteiger partial charge in [-0.15, -0.1) is 0 Å². The number of nitrogens with one attached hydrogen (secondary N) is 1. The molecule has 1 atom stereocenters. The van der Waals surface area contributed by atoms with E-state index in [0.29, 0.717) is 30.9 Å². The molecule has 0 radical (unpaired) electrons. The van der Waals surface area contributed by atoms with Gasteiger partial charge in [-0.1, -0.05) is 23.4 Å². The standard InChI is InChI=1S/C20H21N5O5S/c21-31(27,28)16-8-6-14(7-9-16)19-23-20(30-24-19)17-12-22-10-11-25(17)18(26)13-29-15-4-2-1-3-5-15/h1-9,17,22H,10-13H2,(H2,21,27,28). The summed E-state index contributed by atoms with van der Waals surface area (Å²) in [5.41, 5.74) is 0.566. The number of hydrogen-bond acceptors (Lipinski definition) is 8. The van der Waals surface area contributed by atoms with E-state index < -0.39 is 16.1 Å². The third-order valence-corrected chi connectivity index (χ3v) is 5.77. The van der Waals surface area contributed by atoms with E-state index in [9.17, 15) is 13.2 Å². The molecule has 0 saturated carbocycles. The van der Waals surface area contributed by atoms with Crippen LogP contribution in [0.5, 0.6) is 5.75 Å². The maximum absolute atomic E-state index is 12.8. The van der Waals surface area contributed by atoms with E-state index in [1.165, 1.54) is 12.1 Å². The molecule has 2 heterocycles. The number of ether oxygens (including phenoxy) is 1. The highest BCUT2D eigenvalue weighted by Gasteiger charge is 2.32. The van der Waals surface area contributed by atoms with Crippen LogP contribution in [0, 0.1) is 0 Å². The van der Waals surface area contributed by atoms with Crippen molar-refractivity contribution in [3.63, 3.8) is 0 Å². The van der Waals surface area contributed by atoms with E-state index >= 15 is 0 Å². The summed E-state index contributed by atoms with van der Waals surface area (Å²) in [5.74, 6) is 0.999. The first kappa shape index (κ1) is 21.0. The van der Waals surface area contributed by atoms with Gasteiger partial charge < -0.3 is 19.5 Å². The second kappa shape index (κ2) is 8.84. The lowest BCUT2D eigenvalue weighted by Gasteiger charge is -2.33. The first-order valence-electron chi connectivity index (χ1n) is 9.57. The predicted molar refractivity (Wildman–Crippen MR) is 110 cm³/mol. The Balaban J connectivity index is 1.48. The normalized spacial score (nSPS) is 16.8. The summed E-state index contributed by atoms with van der Waals surface area (Å²) in [5, 5.41) is 12.3. The molecule has 1 aromatic heterocycles. The molecule has 0 spiro atoms. The summed E-state index contributed by atoms with van der Waals surface area (Å²) in [6, 6.07) is 14.5. The molecule has 4 rings (SSSR count). The number of hydrogen-bond donors (Lipinski definition) is 2. The van der Waals surface area contributed by atoms with Crippen molar-refractivity contribution in [2.75, 3.05) is 26.2 Å². The summed E-state index contributed by atoms with van der Waals surface area (Å²) in [6.45, 7) is 1.48. The van der Waals surface area contributed by atoms with E-state index in [0.717, 1.165) is 0 Å². The average Bonchev–Trinajstić information content (AvgIpc) is 3.28. The Hall–Kier alpha value is -3.28. The number of amides is 1. The summed E-state index contributed by atoms with van der Waals surface area (Å²) >= 11 is 0. The molecule has 1 saturated heterocycles. The number of carbonyl (C=O) groups is 1. The van der Waals surface area contributed by atoms with Crippen molar-refractivity contribution in [3.05, 3.63) is 60.5 Å². The molecule has 2 aromatic carbocycles. The van der Waals surface area contributed by atoms with E-state index in [4.69, 9.17) is 14.4 Å². The van der Waals surface area contributed by atoms with Crippen LogP contribution < -0.4 is 15.2 Å². The largest absolute Gasteiger partial charge is 0.484 e. The van der Waals surface area contributed by atoms with Gasteiger partial charge in [-0.3, -0.25) is 4.79 Å². The maximum Gasteiger partial charge on any atom is 0.261 e. The zero-order valence-electron chi connectivity index (χ0n) is 16.5. The number of carbonyl (C=O) groups excluding carboxylic acids is 1. The fraction of sp³-hybridized carbons (Fsp3) is 0.250. The molecule has 0 bridgehead atoms. The van der Waals surface area contributed by atoms with Crippen LogP contribution in [0.3, 0.4) is 0 Å². The Bertz CT molecular complexity index is 1150. The number of para-hydroxylation sites is 1. The Morgan fingerprint density at radius 1 is 1.19 bits per heavy atom. The molecule has 3 N–H and O–H groups in total. The highest BCUT2D eigenvalue weighted by atomic mass is 32.2. The third-order valence-electron chi connectivity index (χ3n) is 4.84. The molecule has 1 aliphatic rings. The molecule has 1 amide bonds. The lowest BCUT2D eigenvalue weighted by atomic mass is 10.2. The number of benzene rings is 2. The minimum Gasteiger partial charge on any atom is -0.484 e. The van der Waals surface area contributed by atoms with Gasteiger partial charge in [0.2, 0.25) is 15.8 Å². The number of sulfonamides is 1. The molecule has 0 aliphatic carbocycles. The molecule has 11 heteroatoms. The van der Waals surface area contributed by atoms with E-state index in [-0.39, 0.29) is 29.1 Å². The van der Waals surface area contributed by atoms with Crippen LogP contribution in [0.15, 0.2) is 64.0 Å². The zero-order chi connectivity index (χ0) is 21.8. The van der Waals surface area contributed by atoms with Gasteiger partial charge in [-0.2, -0.15) is 4.98 Å². The summed E-state index contributed by atoms with van der Waals surface area (Å²) in [6.07, 6.45) is 0. The van der Waals surface area contributed by atoms with Crippen molar-refractivity contribution in [2.24, 2.45) is 5.14 Å². The average molecular weight is 443 g/mol. The number of primary sulfonamides is 1. The maximum atomic E-state index is 12.8. The van der Waals surface area contributed by atoms with E-state index in [1.807, 2.05) is 18.2 Å². The van der Waals surface area contributed by atoms with E-state index in [2.05, 4.69) is 15.5 Å². The van der Waals surface area contributed by atoms with Crippen molar-refractivity contribution in [2.45, 2.75) is 10.9 Å². The van der Waals surface area contributed by atoms with Gasteiger partial charge >= 0.3 is 0 Å². The Morgan fingerprint density at radius 3 is 2.65 bits per heavy atom. The number of piperazine rings is 1. The Labute approximate surface area is 179 Å². The highest BCUT2D eigenvalue weighted by Crippen LogP contribution is 2.25.